The van der Waals surface area contributed by atoms with Crippen LogP contribution in [-0.2, 0) is 16.1 Å². The van der Waals surface area contributed by atoms with Gasteiger partial charge in [0.15, 0.2) is 0 Å². The van der Waals surface area contributed by atoms with Gasteiger partial charge in [-0.3, -0.25) is 9.59 Å². The van der Waals surface area contributed by atoms with Crippen molar-refractivity contribution < 1.29 is 19.1 Å². The molecule has 5 nitrogen and oxygen atoms in total. The zero-order chi connectivity index (χ0) is 12.6. The molecule has 0 bridgehead atoms. The van der Waals surface area contributed by atoms with Gasteiger partial charge in [-0.25, -0.2) is 0 Å². The smallest absolute Gasteiger partial charge is 0.307 e. The van der Waals surface area contributed by atoms with E-state index in [1.54, 1.807) is 18.2 Å². The van der Waals surface area contributed by atoms with Crippen LogP contribution in [-0.4, -0.2) is 28.9 Å². The zero-order valence-electron chi connectivity index (χ0n) is 9.84. The molecule has 1 aliphatic carbocycles. The highest BCUT2D eigenvalue weighted by Gasteiger charge is 2.49. The molecule has 1 N–H and O–H groups in total. The fourth-order valence-electron chi connectivity index (χ4n) is 1.93. The van der Waals surface area contributed by atoms with Crippen LogP contribution in [0.25, 0.3) is 0 Å². The van der Waals surface area contributed by atoms with Crippen molar-refractivity contribution in [3.63, 3.8) is 0 Å². The lowest BCUT2D eigenvalue weighted by atomic mass is 10.2. The minimum Gasteiger partial charge on any atom is -0.481 e. The van der Waals surface area contributed by atoms with Gasteiger partial charge in [0, 0.05) is 19.2 Å². The Morgan fingerprint density at radius 3 is 2.71 bits per heavy atom. The Bertz CT molecular complexity index is 451. The minimum absolute atomic E-state index is 0.0991. The molecule has 0 radical (unpaired) electrons. The van der Waals surface area contributed by atoms with Crippen molar-refractivity contribution >= 4 is 11.9 Å². The summed E-state index contributed by atoms with van der Waals surface area (Å²) in [5.74, 6) is -1.02. The van der Waals surface area contributed by atoms with Gasteiger partial charge in [-0.15, -0.1) is 0 Å². The molecule has 0 saturated heterocycles. The summed E-state index contributed by atoms with van der Waals surface area (Å²) in [6.45, 7) is 2.30. The first-order chi connectivity index (χ1) is 8.00. The van der Waals surface area contributed by atoms with Crippen LogP contribution in [0.4, 0.5) is 0 Å². The molecule has 1 amide bonds. The standard InChI is InChI=1S/C12H15NO4/c1-7-8(3-4-17-7)6-13(2)11(14)9-5-10(9)12(15)16/h3-4,9-10H,5-6H2,1-2H3,(H,15,16). The second-order valence-electron chi connectivity index (χ2n) is 4.48. The summed E-state index contributed by atoms with van der Waals surface area (Å²) in [4.78, 5) is 24.1. The monoisotopic (exact) mass is 237 g/mol. The van der Waals surface area contributed by atoms with E-state index in [1.165, 1.54) is 0 Å². The molecule has 0 spiro atoms. The molecule has 17 heavy (non-hydrogen) atoms. The van der Waals surface area contributed by atoms with E-state index in [2.05, 4.69) is 0 Å². The fraction of sp³-hybridized carbons (Fsp3) is 0.500. The van der Waals surface area contributed by atoms with Gasteiger partial charge in [0.2, 0.25) is 5.91 Å². The minimum atomic E-state index is -0.878. The van der Waals surface area contributed by atoms with Crippen molar-refractivity contribution in [3.8, 4) is 0 Å². The van der Waals surface area contributed by atoms with Crippen LogP contribution in [0.15, 0.2) is 16.7 Å². The van der Waals surface area contributed by atoms with Crippen LogP contribution in [0.5, 0.6) is 0 Å². The van der Waals surface area contributed by atoms with E-state index in [1.807, 2.05) is 13.0 Å². The van der Waals surface area contributed by atoms with Crippen molar-refractivity contribution in [1.82, 2.24) is 4.90 Å². The van der Waals surface area contributed by atoms with Gasteiger partial charge in [0.25, 0.3) is 0 Å². The summed E-state index contributed by atoms with van der Waals surface area (Å²) in [7, 11) is 1.69. The van der Waals surface area contributed by atoms with Crippen molar-refractivity contribution in [2.75, 3.05) is 7.05 Å². The van der Waals surface area contributed by atoms with Crippen LogP contribution in [0.3, 0.4) is 0 Å². The Balaban J connectivity index is 1.93. The first kappa shape index (κ1) is 11.7. The second-order valence-corrected chi connectivity index (χ2v) is 4.48. The van der Waals surface area contributed by atoms with Gasteiger partial charge in [0.1, 0.15) is 5.76 Å². The van der Waals surface area contributed by atoms with Gasteiger partial charge in [0.05, 0.1) is 18.1 Å². The molecule has 1 aromatic rings. The van der Waals surface area contributed by atoms with Gasteiger partial charge in [-0.2, -0.15) is 0 Å². The summed E-state index contributed by atoms with van der Waals surface area (Å²) >= 11 is 0. The molecule has 2 unspecified atom stereocenters. The number of amides is 1. The van der Waals surface area contributed by atoms with Gasteiger partial charge in [-0.05, 0) is 19.4 Å². The molecule has 1 saturated carbocycles. The highest BCUT2D eigenvalue weighted by molar-refractivity contribution is 5.89. The molecule has 0 aromatic carbocycles. The van der Waals surface area contributed by atoms with E-state index in [-0.39, 0.29) is 11.8 Å². The van der Waals surface area contributed by atoms with Crippen molar-refractivity contribution in [2.45, 2.75) is 19.9 Å². The first-order valence-electron chi connectivity index (χ1n) is 5.51. The van der Waals surface area contributed by atoms with Crippen LogP contribution in [0, 0.1) is 18.8 Å². The van der Waals surface area contributed by atoms with E-state index in [9.17, 15) is 9.59 Å². The van der Waals surface area contributed by atoms with Gasteiger partial charge in [-0.1, -0.05) is 0 Å². The van der Waals surface area contributed by atoms with Gasteiger partial charge >= 0.3 is 5.97 Å². The third-order valence-electron chi connectivity index (χ3n) is 3.17. The number of furan rings is 1. The Hall–Kier alpha value is -1.78. The molecule has 2 atom stereocenters. The van der Waals surface area contributed by atoms with Crippen molar-refractivity contribution in [1.29, 1.82) is 0 Å². The van der Waals surface area contributed by atoms with Gasteiger partial charge < -0.3 is 14.4 Å². The third-order valence-corrected chi connectivity index (χ3v) is 3.17. The number of carbonyl (C=O) groups is 2. The number of hydrogen-bond donors (Lipinski definition) is 1. The predicted octanol–water partition coefficient (Wildman–Crippen LogP) is 1.27. The molecule has 1 aliphatic rings. The lowest BCUT2D eigenvalue weighted by Gasteiger charge is -2.16. The molecule has 1 aromatic heterocycles. The number of aliphatic carboxylic acids is 1. The maximum atomic E-state index is 11.9. The lowest BCUT2D eigenvalue weighted by Crippen LogP contribution is -2.28. The average Bonchev–Trinajstić information content (AvgIpc) is 2.98. The van der Waals surface area contributed by atoms with E-state index in [4.69, 9.17) is 9.52 Å². The molecule has 92 valence electrons. The van der Waals surface area contributed by atoms with Crippen LogP contribution in [0.2, 0.25) is 0 Å². The molecule has 1 heterocycles. The van der Waals surface area contributed by atoms with Crippen LogP contribution < -0.4 is 0 Å². The van der Waals surface area contributed by atoms with Crippen LogP contribution in [0.1, 0.15) is 17.7 Å². The maximum Gasteiger partial charge on any atom is 0.307 e. The summed E-state index contributed by atoms with van der Waals surface area (Å²) < 4.78 is 5.15. The predicted molar refractivity (Wildman–Crippen MR) is 59.2 cm³/mol. The second kappa shape index (κ2) is 4.24. The van der Waals surface area contributed by atoms with E-state index >= 15 is 0 Å². The van der Waals surface area contributed by atoms with Crippen molar-refractivity contribution in [3.05, 3.63) is 23.7 Å². The normalized spacial score (nSPS) is 22.2. The number of carboxylic acids is 1. The maximum absolute atomic E-state index is 11.9. The molecule has 0 aliphatic heterocycles. The quantitative estimate of drug-likeness (QED) is 0.856. The Morgan fingerprint density at radius 1 is 1.53 bits per heavy atom. The first-order valence-corrected chi connectivity index (χ1v) is 5.51. The summed E-state index contributed by atoms with van der Waals surface area (Å²) in [6.07, 6.45) is 2.04. The average molecular weight is 237 g/mol. The molecule has 5 heteroatoms. The number of carboxylic acid groups (broad SMARTS) is 1. The Kier molecular flexibility index (Phi) is 2.92. The SMILES string of the molecule is Cc1occc1CN(C)C(=O)C1CC1C(=O)O. The Morgan fingerprint density at radius 2 is 2.24 bits per heavy atom. The summed E-state index contributed by atoms with van der Waals surface area (Å²) in [6, 6.07) is 1.82. The third kappa shape index (κ3) is 2.33. The van der Waals surface area contributed by atoms with E-state index < -0.39 is 11.9 Å². The molecule has 2 rings (SSSR count). The van der Waals surface area contributed by atoms with E-state index in [0.29, 0.717) is 13.0 Å². The summed E-state index contributed by atoms with van der Waals surface area (Å²) in [5.41, 5.74) is 0.952. The number of carbonyl (C=O) groups excluding carboxylic acids is 1. The largest absolute Gasteiger partial charge is 0.481 e. The summed E-state index contributed by atoms with van der Waals surface area (Å²) in [5, 5.41) is 8.77. The number of hydrogen-bond acceptors (Lipinski definition) is 3. The zero-order valence-corrected chi connectivity index (χ0v) is 9.84. The molecular formula is C12H15NO4. The fourth-order valence-corrected chi connectivity index (χ4v) is 1.93. The highest BCUT2D eigenvalue weighted by atomic mass is 16.4. The van der Waals surface area contributed by atoms with Crippen LogP contribution >= 0.6 is 0 Å². The number of nitrogens with zero attached hydrogens (tertiary/aromatic N) is 1. The lowest BCUT2D eigenvalue weighted by molar-refractivity contribution is -0.141. The topological polar surface area (TPSA) is 70.8 Å². The Labute approximate surface area is 99.0 Å². The van der Waals surface area contributed by atoms with Crippen molar-refractivity contribution in [2.24, 2.45) is 11.8 Å². The number of rotatable bonds is 4. The number of aryl methyl sites for hydroxylation is 1. The highest BCUT2D eigenvalue weighted by Crippen LogP contribution is 2.40. The molecule has 1 fully saturated rings. The van der Waals surface area contributed by atoms with E-state index in [0.717, 1.165) is 11.3 Å². The molecular weight excluding hydrogens is 222 g/mol.